The second-order valence-electron chi connectivity index (χ2n) is 3.57. The van der Waals surface area contributed by atoms with Crippen LogP contribution in [0.3, 0.4) is 0 Å². The molecule has 15 heavy (non-hydrogen) atoms. The van der Waals surface area contributed by atoms with Crippen molar-refractivity contribution in [1.82, 2.24) is 9.27 Å². The number of nitrogens with zero attached hydrogens (tertiary/aromatic N) is 2. The zero-order valence-corrected chi connectivity index (χ0v) is 9.07. The van der Waals surface area contributed by atoms with E-state index >= 15 is 0 Å². The molecule has 1 atom stereocenters. The predicted octanol–water partition coefficient (Wildman–Crippen LogP) is 0.0815. The highest BCUT2D eigenvalue weighted by molar-refractivity contribution is 7.03. The van der Waals surface area contributed by atoms with Crippen LogP contribution in [-0.2, 0) is 4.79 Å². The number of amides is 1. The molecule has 1 aromatic rings. The molecule has 0 bridgehead atoms. The molecule has 1 aromatic heterocycles. The number of nitrogens with two attached hydrogens (primary N) is 1. The molecule has 2 rings (SSSR count). The molecule has 0 aliphatic carbocycles. The van der Waals surface area contributed by atoms with Gasteiger partial charge >= 0.3 is 0 Å². The van der Waals surface area contributed by atoms with Gasteiger partial charge in [-0.25, -0.2) is 0 Å². The van der Waals surface area contributed by atoms with Crippen molar-refractivity contribution in [3.8, 4) is 5.88 Å². The third kappa shape index (κ3) is 2.90. The first-order chi connectivity index (χ1) is 7.24. The maximum atomic E-state index is 10.7. The van der Waals surface area contributed by atoms with Gasteiger partial charge in [-0.15, -0.1) is 0 Å². The van der Waals surface area contributed by atoms with Gasteiger partial charge < -0.3 is 10.5 Å². The van der Waals surface area contributed by atoms with Crippen LogP contribution in [0.5, 0.6) is 5.88 Å². The average Bonchev–Trinajstić information content (AvgIpc) is 2.77. The molecule has 2 heterocycles. The summed E-state index contributed by atoms with van der Waals surface area (Å²) in [5.41, 5.74) is 5.12. The summed E-state index contributed by atoms with van der Waals surface area (Å²) in [5, 5.41) is 1.88. The molecule has 6 heteroatoms. The third-order valence-electron chi connectivity index (χ3n) is 2.31. The summed E-state index contributed by atoms with van der Waals surface area (Å²) in [6.45, 7) is 1.93. The van der Waals surface area contributed by atoms with Crippen LogP contribution in [0.2, 0.25) is 0 Å². The molecule has 0 saturated carbocycles. The first-order valence-corrected chi connectivity index (χ1v) is 5.65. The van der Waals surface area contributed by atoms with E-state index < -0.39 is 0 Å². The molecule has 1 fully saturated rings. The summed E-state index contributed by atoms with van der Waals surface area (Å²) in [4.78, 5) is 12.7. The Hall–Kier alpha value is -1.14. The highest BCUT2D eigenvalue weighted by Crippen LogP contribution is 2.17. The molecule has 82 valence electrons. The van der Waals surface area contributed by atoms with Crippen molar-refractivity contribution in [2.24, 2.45) is 5.73 Å². The van der Waals surface area contributed by atoms with Gasteiger partial charge in [-0.05, 0) is 18.0 Å². The van der Waals surface area contributed by atoms with Crippen molar-refractivity contribution in [2.75, 3.05) is 19.6 Å². The normalized spacial score (nSPS) is 21.7. The van der Waals surface area contributed by atoms with Crippen LogP contribution < -0.4 is 10.5 Å². The lowest BCUT2D eigenvalue weighted by Gasteiger charge is -2.13. The summed E-state index contributed by atoms with van der Waals surface area (Å²) in [6.07, 6.45) is 1.05. The van der Waals surface area contributed by atoms with E-state index in [0.29, 0.717) is 12.4 Å². The average molecular weight is 227 g/mol. The Morgan fingerprint density at radius 3 is 3.33 bits per heavy atom. The summed E-state index contributed by atoms with van der Waals surface area (Å²) in [6, 6.07) is 1.85. The Labute approximate surface area is 92.0 Å². The van der Waals surface area contributed by atoms with E-state index in [9.17, 15) is 4.79 Å². The lowest BCUT2D eigenvalue weighted by atomic mass is 10.3. The smallest absolute Gasteiger partial charge is 0.231 e. The van der Waals surface area contributed by atoms with E-state index in [0.717, 1.165) is 19.5 Å². The van der Waals surface area contributed by atoms with Gasteiger partial charge in [-0.3, -0.25) is 9.69 Å². The van der Waals surface area contributed by atoms with Crippen LogP contribution in [-0.4, -0.2) is 40.9 Å². The van der Waals surface area contributed by atoms with Crippen molar-refractivity contribution in [3.05, 3.63) is 11.4 Å². The van der Waals surface area contributed by atoms with E-state index in [1.54, 1.807) is 0 Å². The van der Waals surface area contributed by atoms with Crippen LogP contribution in [0.15, 0.2) is 11.4 Å². The van der Waals surface area contributed by atoms with Crippen molar-refractivity contribution >= 4 is 17.4 Å². The number of carbonyl (C=O) groups is 1. The van der Waals surface area contributed by atoms with Gasteiger partial charge in [0.15, 0.2) is 0 Å². The Morgan fingerprint density at radius 1 is 1.80 bits per heavy atom. The molecule has 0 radical (unpaired) electrons. The van der Waals surface area contributed by atoms with E-state index in [2.05, 4.69) is 4.37 Å². The number of hydrogen-bond donors (Lipinski definition) is 1. The topological polar surface area (TPSA) is 68.5 Å². The van der Waals surface area contributed by atoms with Crippen LogP contribution in [0.4, 0.5) is 0 Å². The maximum absolute atomic E-state index is 10.7. The first kappa shape index (κ1) is 10.4. The quantitative estimate of drug-likeness (QED) is 0.791. The molecule has 1 amide bonds. The number of likely N-dealkylation sites (tertiary alicyclic amines) is 1. The zero-order valence-electron chi connectivity index (χ0n) is 8.26. The van der Waals surface area contributed by atoms with Gasteiger partial charge in [0.2, 0.25) is 11.8 Å². The summed E-state index contributed by atoms with van der Waals surface area (Å²) >= 11 is 1.37. The second-order valence-corrected chi connectivity index (χ2v) is 4.23. The molecule has 0 spiro atoms. The van der Waals surface area contributed by atoms with Crippen molar-refractivity contribution in [2.45, 2.75) is 12.5 Å². The molecular weight excluding hydrogens is 214 g/mol. The van der Waals surface area contributed by atoms with Gasteiger partial charge in [-0.1, -0.05) is 0 Å². The minimum Gasteiger partial charge on any atom is -0.472 e. The number of carbonyl (C=O) groups excluding carboxylic acids is 1. The molecule has 5 nitrogen and oxygen atoms in total. The van der Waals surface area contributed by atoms with Gasteiger partial charge in [0.05, 0.1) is 6.54 Å². The Bertz CT molecular complexity index is 328. The van der Waals surface area contributed by atoms with Crippen molar-refractivity contribution < 1.29 is 9.53 Å². The van der Waals surface area contributed by atoms with Gasteiger partial charge in [0, 0.05) is 24.5 Å². The Morgan fingerprint density at radius 2 is 2.67 bits per heavy atom. The van der Waals surface area contributed by atoms with E-state index in [1.807, 2.05) is 16.3 Å². The predicted molar refractivity (Wildman–Crippen MR) is 56.8 cm³/mol. The number of ether oxygens (including phenoxy) is 1. The van der Waals surface area contributed by atoms with Crippen LogP contribution >= 0.6 is 11.5 Å². The van der Waals surface area contributed by atoms with Crippen LogP contribution in [0, 0.1) is 0 Å². The minimum atomic E-state index is -0.288. The van der Waals surface area contributed by atoms with Gasteiger partial charge in [0.1, 0.15) is 6.10 Å². The highest BCUT2D eigenvalue weighted by Gasteiger charge is 2.25. The fourth-order valence-electron chi connectivity index (χ4n) is 1.69. The Balaban J connectivity index is 1.80. The molecule has 1 saturated heterocycles. The molecular formula is C9H13N3O2S. The monoisotopic (exact) mass is 227 g/mol. The zero-order chi connectivity index (χ0) is 10.7. The first-order valence-electron chi connectivity index (χ1n) is 4.82. The van der Waals surface area contributed by atoms with Crippen LogP contribution in [0.25, 0.3) is 0 Å². The number of rotatable bonds is 4. The van der Waals surface area contributed by atoms with Crippen LogP contribution in [0.1, 0.15) is 6.42 Å². The number of aromatic nitrogens is 1. The van der Waals surface area contributed by atoms with Gasteiger partial charge in [-0.2, -0.15) is 4.37 Å². The third-order valence-corrected chi connectivity index (χ3v) is 2.85. The largest absolute Gasteiger partial charge is 0.472 e. The lowest BCUT2D eigenvalue weighted by Crippen LogP contribution is -2.33. The molecule has 1 aliphatic heterocycles. The molecule has 2 N–H and O–H groups in total. The minimum absolute atomic E-state index is 0.131. The SMILES string of the molecule is NC(=O)CN1CCC(Oc2ccsn2)C1. The Kier molecular flexibility index (Phi) is 3.17. The second kappa shape index (κ2) is 4.59. The summed E-state index contributed by atoms with van der Waals surface area (Å²) < 4.78 is 9.71. The fraction of sp³-hybridized carbons (Fsp3) is 0.556. The van der Waals surface area contributed by atoms with Crippen molar-refractivity contribution in [1.29, 1.82) is 0 Å². The number of hydrogen-bond acceptors (Lipinski definition) is 5. The number of primary amides is 1. The summed E-state index contributed by atoms with van der Waals surface area (Å²) in [7, 11) is 0. The summed E-state index contributed by atoms with van der Waals surface area (Å²) in [5.74, 6) is 0.384. The van der Waals surface area contributed by atoms with E-state index in [-0.39, 0.29) is 12.0 Å². The molecule has 1 unspecified atom stereocenters. The molecule has 0 aromatic carbocycles. The molecule has 1 aliphatic rings. The maximum Gasteiger partial charge on any atom is 0.231 e. The highest BCUT2D eigenvalue weighted by atomic mass is 32.1. The van der Waals surface area contributed by atoms with E-state index in [1.165, 1.54) is 11.5 Å². The van der Waals surface area contributed by atoms with Gasteiger partial charge in [0.25, 0.3) is 0 Å². The van der Waals surface area contributed by atoms with Crippen molar-refractivity contribution in [3.63, 3.8) is 0 Å². The lowest BCUT2D eigenvalue weighted by molar-refractivity contribution is -0.118. The fourth-order valence-corrected chi connectivity index (χ4v) is 2.14. The standard InChI is InChI=1S/C9H13N3O2S/c10-8(13)6-12-3-1-7(5-12)14-9-2-4-15-11-9/h2,4,7H,1,3,5-6H2,(H2,10,13). The van der Waals surface area contributed by atoms with E-state index in [4.69, 9.17) is 10.5 Å².